The number of benzene rings is 1. The van der Waals surface area contributed by atoms with E-state index in [2.05, 4.69) is 0 Å². The third kappa shape index (κ3) is 2.64. The van der Waals surface area contributed by atoms with Crippen molar-refractivity contribution in [2.45, 2.75) is 45.1 Å². The molecule has 0 aromatic heterocycles. The molecule has 0 amide bonds. The molecule has 2 aliphatic rings. The van der Waals surface area contributed by atoms with Crippen LogP contribution in [0.25, 0.3) is 0 Å². The third-order valence-electron chi connectivity index (χ3n) is 5.00. The van der Waals surface area contributed by atoms with Crippen LogP contribution in [0.2, 0.25) is 0 Å². The average Bonchev–Trinajstić information content (AvgIpc) is 3.07. The quantitative estimate of drug-likeness (QED) is 0.868. The first-order chi connectivity index (χ1) is 9.28. The Hall–Kier alpha value is -1.02. The molecule has 0 heterocycles. The van der Waals surface area contributed by atoms with Crippen LogP contribution in [0.3, 0.4) is 0 Å². The highest BCUT2D eigenvalue weighted by molar-refractivity contribution is 5.35. The summed E-state index contributed by atoms with van der Waals surface area (Å²) in [5.74, 6) is 3.48. The highest BCUT2D eigenvalue weighted by Crippen LogP contribution is 2.48. The standard InChI is InChI=1S/C17H24O2/c1-2-16(18)15-5-3-4-6-17(15)19-11-14-10-12-7-8-13(14)9-12/h3-6,12-14,16,18H,2,7-11H2,1H3. The second-order valence-corrected chi connectivity index (χ2v) is 6.21. The summed E-state index contributed by atoms with van der Waals surface area (Å²) in [7, 11) is 0. The van der Waals surface area contributed by atoms with E-state index in [0.29, 0.717) is 0 Å². The predicted octanol–water partition coefficient (Wildman–Crippen LogP) is 3.95. The topological polar surface area (TPSA) is 29.5 Å². The van der Waals surface area contributed by atoms with E-state index in [4.69, 9.17) is 4.74 Å². The van der Waals surface area contributed by atoms with Gasteiger partial charge in [-0.15, -0.1) is 0 Å². The lowest BCUT2D eigenvalue weighted by molar-refractivity contribution is 0.157. The number of para-hydroxylation sites is 1. The van der Waals surface area contributed by atoms with Gasteiger partial charge in [0.2, 0.25) is 0 Å². The van der Waals surface area contributed by atoms with E-state index < -0.39 is 6.10 Å². The van der Waals surface area contributed by atoms with E-state index in [1.54, 1.807) is 0 Å². The van der Waals surface area contributed by atoms with Crippen molar-refractivity contribution in [1.29, 1.82) is 0 Å². The Labute approximate surface area is 115 Å². The Bertz CT molecular complexity index is 429. The first kappa shape index (κ1) is 13.0. The van der Waals surface area contributed by atoms with Gasteiger partial charge in [0, 0.05) is 5.56 Å². The molecule has 2 aliphatic carbocycles. The minimum Gasteiger partial charge on any atom is -0.493 e. The van der Waals surface area contributed by atoms with Crippen LogP contribution in [0, 0.1) is 17.8 Å². The number of rotatable bonds is 5. The van der Waals surface area contributed by atoms with Gasteiger partial charge in [-0.1, -0.05) is 31.5 Å². The first-order valence-corrected chi connectivity index (χ1v) is 7.67. The maximum atomic E-state index is 10.0. The average molecular weight is 260 g/mol. The van der Waals surface area contributed by atoms with E-state index in [-0.39, 0.29) is 0 Å². The third-order valence-corrected chi connectivity index (χ3v) is 5.00. The van der Waals surface area contributed by atoms with E-state index in [0.717, 1.165) is 42.1 Å². The number of hydrogen-bond donors (Lipinski definition) is 1. The number of aliphatic hydroxyl groups excluding tert-OH is 1. The lowest BCUT2D eigenvalue weighted by atomic mass is 9.89. The second kappa shape index (κ2) is 5.54. The van der Waals surface area contributed by atoms with Gasteiger partial charge in [-0.25, -0.2) is 0 Å². The van der Waals surface area contributed by atoms with Crippen LogP contribution in [0.15, 0.2) is 24.3 Å². The molecule has 1 aromatic rings. The van der Waals surface area contributed by atoms with Gasteiger partial charge in [-0.2, -0.15) is 0 Å². The molecule has 19 heavy (non-hydrogen) atoms. The summed E-state index contributed by atoms with van der Waals surface area (Å²) in [6, 6.07) is 7.92. The van der Waals surface area contributed by atoms with Crippen molar-refractivity contribution in [2.24, 2.45) is 17.8 Å². The summed E-state index contributed by atoms with van der Waals surface area (Å²) >= 11 is 0. The summed E-state index contributed by atoms with van der Waals surface area (Å²) in [4.78, 5) is 0. The lowest BCUT2D eigenvalue weighted by Gasteiger charge is -2.23. The Morgan fingerprint density at radius 3 is 2.79 bits per heavy atom. The molecule has 4 atom stereocenters. The Morgan fingerprint density at radius 1 is 1.26 bits per heavy atom. The maximum absolute atomic E-state index is 10.0. The summed E-state index contributed by atoms with van der Waals surface area (Å²) in [6.45, 7) is 2.83. The fourth-order valence-electron chi connectivity index (χ4n) is 3.88. The fraction of sp³-hybridized carbons (Fsp3) is 0.647. The van der Waals surface area contributed by atoms with Crippen LogP contribution in [0.4, 0.5) is 0 Å². The van der Waals surface area contributed by atoms with Crippen LogP contribution in [-0.4, -0.2) is 11.7 Å². The van der Waals surface area contributed by atoms with Gasteiger partial charge in [-0.05, 0) is 49.5 Å². The van der Waals surface area contributed by atoms with Crippen molar-refractivity contribution in [3.05, 3.63) is 29.8 Å². The number of fused-ring (bicyclic) bond motifs is 2. The molecule has 2 saturated carbocycles. The molecule has 3 rings (SSSR count). The van der Waals surface area contributed by atoms with Gasteiger partial charge in [0.15, 0.2) is 0 Å². The SMILES string of the molecule is CCC(O)c1ccccc1OCC1CC2CCC1C2. The molecular formula is C17H24O2. The van der Waals surface area contributed by atoms with Gasteiger partial charge < -0.3 is 9.84 Å². The summed E-state index contributed by atoms with van der Waals surface area (Å²) in [5.41, 5.74) is 0.938. The Morgan fingerprint density at radius 2 is 2.11 bits per heavy atom. The summed E-state index contributed by atoms with van der Waals surface area (Å²) < 4.78 is 6.04. The van der Waals surface area contributed by atoms with Crippen LogP contribution < -0.4 is 4.74 Å². The zero-order valence-corrected chi connectivity index (χ0v) is 11.7. The molecule has 2 nitrogen and oxygen atoms in total. The molecule has 4 unspecified atom stereocenters. The van der Waals surface area contributed by atoms with E-state index >= 15 is 0 Å². The Kier molecular flexibility index (Phi) is 3.79. The molecule has 1 N–H and O–H groups in total. The van der Waals surface area contributed by atoms with Crippen molar-refractivity contribution < 1.29 is 9.84 Å². The fourth-order valence-corrected chi connectivity index (χ4v) is 3.88. The molecule has 2 bridgehead atoms. The first-order valence-electron chi connectivity index (χ1n) is 7.67. The zero-order valence-electron chi connectivity index (χ0n) is 11.7. The molecule has 104 valence electrons. The number of ether oxygens (including phenoxy) is 1. The summed E-state index contributed by atoms with van der Waals surface area (Å²) in [5, 5.41) is 10.0. The van der Waals surface area contributed by atoms with Crippen molar-refractivity contribution >= 4 is 0 Å². The van der Waals surface area contributed by atoms with Crippen LogP contribution in [0.5, 0.6) is 5.75 Å². The predicted molar refractivity (Wildman–Crippen MR) is 76.1 cm³/mol. The van der Waals surface area contributed by atoms with Crippen molar-refractivity contribution in [2.75, 3.05) is 6.61 Å². The van der Waals surface area contributed by atoms with Crippen LogP contribution in [0.1, 0.15) is 50.7 Å². The maximum Gasteiger partial charge on any atom is 0.125 e. The van der Waals surface area contributed by atoms with Crippen LogP contribution >= 0.6 is 0 Å². The Balaban J connectivity index is 1.63. The number of hydrogen-bond acceptors (Lipinski definition) is 2. The van der Waals surface area contributed by atoms with E-state index in [1.165, 1.54) is 25.7 Å². The van der Waals surface area contributed by atoms with Gasteiger partial charge in [-0.3, -0.25) is 0 Å². The minimum atomic E-state index is -0.406. The van der Waals surface area contributed by atoms with E-state index in [1.807, 2.05) is 31.2 Å². The normalized spacial score (nSPS) is 30.5. The van der Waals surface area contributed by atoms with Gasteiger partial charge in [0.1, 0.15) is 5.75 Å². The smallest absolute Gasteiger partial charge is 0.125 e. The van der Waals surface area contributed by atoms with Gasteiger partial charge in [0.25, 0.3) is 0 Å². The second-order valence-electron chi connectivity index (χ2n) is 6.21. The van der Waals surface area contributed by atoms with Crippen LogP contribution in [-0.2, 0) is 0 Å². The molecule has 0 radical (unpaired) electrons. The highest BCUT2D eigenvalue weighted by Gasteiger charge is 2.39. The molecule has 0 aliphatic heterocycles. The highest BCUT2D eigenvalue weighted by atomic mass is 16.5. The zero-order chi connectivity index (χ0) is 13.2. The molecule has 1 aromatic carbocycles. The summed E-state index contributed by atoms with van der Waals surface area (Å²) in [6.07, 6.45) is 5.94. The largest absolute Gasteiger partial charge is 0.493 e. The lowest BCUT2D eigenvalue weighted by Crippen LogP contribution is -2.19. The van der Waals surface area contributed by atoms with Crippen molar-refractivity contribution in [1.82, 2.24) is 0 Å². The molecule has 2 heteroatoms. The van der Waals surface area contributed by atoms with Crippen molar-refractivity contribution in [3.8, 4) is 5.75 Å². The van der Waals surface area contributed by atoms with Gasteiger partial charge in [0.05, 0.1) is 12.7 Å². The molecular weight excluding hydrogens is 236 g/mol. The van der Waals surface area contributed by atoms with Crippen molar-refractivity contribution in [3.63, 3.8) is 0 Å². The molecule has 2 fully saturated rings. The molecule has 0 saturated heterocycles. The minimum absolute atomic E-state index is 0.406. The van der Waals surface area contributed by atoms with Gasteiger partial charge >= 0.3 is 0 Å². The molecule has 0 spiro atoms. The number of aliphatic hydroxyl groups is 1. The van der Waals surface area contributed by atoms with E-state index in [9.17, 15) is 5.11 Å². The monoisotopic (exact) mass is 260 g/mol.